The maximum Gasteiger partial charge on any atom is 0.295 e. The van der Waals surface area contributed by atoms with E-state index in [0.29, 0.717) is 29.2 Å². The summed E-state index contributed by atoms with van der Waals surface area (Å²) >= 11 is 6.30. The number of Topliss-reactive ketones (excluding diaryl/α,β-unsaturated/α-hetero) is 1. The van der Waals surface area contributed by atoms with Gasteiger partial charge in [-0.2, -0.15) is 0 Å². The lowest BCUT2D eigenvalue weighted by Crippen LogP contribution is -2.29. The molecule has 2 heterocycles. The zero-order valence-electron chi connectivity index (χ0n) is 18.7. The molecule has 0 spiro atoms. The van der Waals surface area contributed by atoms with Crippen LogP contribution < -0.4 is 9.47 Å². The Hall–Kier alpha value is -3.84. The largest absolute Gasteiger partial charge is 0.507 e. The van der Waals surface area contributed by atoms with Crippen molar-refractivity contribution in [3.8, 4) is 11.5 Å². The molecule has 1 unspecified atom stereocenters. The van der Waals surface area contributed by atoms with E-state index in [2.05, 4.69) is 4.98 Å². The minimum Gasteiger partial charge on any atom is -0.507 e. The number of amides is 1. The first kappa shape index (κ1) is 23.3. The number of carbonyl (C=O) groups is 2. The van der Waals surface area contributed by atoms with E-state index in [1.165, 1.54) is 11.0 Å². The number of nitrogens with zero attached hydrogens (tertiary/aromatic N) is 2. The van der Waals surface area contributed by atoms with Crippen LogP contribution >= 0.6 is 11.6 Å². The Morgan fingerprint density at radius 1 is 1.15 bits per heavy atom. The number of ether oxygens (including phenoxy) is 2. The molecule has 0 saturated carbocycles. The predicted molar refractivity (Wildman–Crippen MR) is 128 cm³/mol. The minimum absolute atomic E-state index is 0.0146. The van der Waals surface area contributed by atoms with E-state index in [-0.39, 0.29) is 22.9 Å². The second kappa shape index (κ2) is 9.97. The molecule has 1 aromatic heterocycles. The summed E-state index contributed by atoms with van der Waals surface area (Å²) < 4.78 is 10.7. The van der Waals surface area contributed by atoms with Crippen molar-refractivity contribution >= 4 is 29.1 Å². The van der Waals surface area contributed by atoms with Crippen LogP contribution in [0.5, 0.6) is 11.5 Å². The van der Waals surface area contributed by atoms with Crippen molar-refractivity contribution in [1.29, 1.82) is 0 Å². The normalized spacial score (nSPS) is 17.1. The minimum atomic E-state index is -0.809. The molecule has 34 heavy (non-hydrogen) atoms. The van der Waals surface area contributed by atoms with Gasteiger partial charge in [0.15, 0.2) is 0 Å². The van der Waals surface area contributed by atoms with E-state index in [1.807, 2.05) is 13.0 Å². The summed E-state index contributed by atoms with van der Waals surface area (Å²) in [6, 6.07) is 14.5. The van der Waals surface area contributed by atoms with Crippen LogP contribution in [0.4, 0.5) is 0 Å². The summed E-state index contributed by atoms with van der Waals surface area (Å²) in [5, 5.41) is 11.5. The summed E-state index contributed by atoms with van der Waals surface area (Å²) in [7, 11) is 1.55. The van der Waals surface area contributed by atoms with Gasteiger partial charge in [-0.25, -0.2) is 0 Å². The van der Waals surface area contributed by atoms with Crippen molar-refractivity contribution in [2.75, 3.05) is 13.7 Å². The average molecular weight is 479 g/mol. The number of aliphatic hydroxyl groups is 1. The summed E-state index contributed by atoms with van der Waals surface area (Å²) in [6.07, 6.45) is 3.27. The van der Waals surface area contributed by atoms with Gasteiger partial charge in [-0.15, -0.1) is 0 Å². The van der Waals surface area contributed by atoms with Gasteiger partial charge in [-0.05, 0) is 54.4 Å². The van der Waals surface area contributed by atoms with E-state index in [4.69, 9.17) is 21.1 Å². The lowest BCUT2D eigenvalue weighted by atomic mass is 9.95. The molecular weight excluding hydrogens is 456 g/mol. The van der Waals surface area contributed by atoms with E-state index < -0.39 is 17.7 Å². The molecule has 8 heteroatoms. The van der Waals surface area contributed by atoms with Gasteiger partial charge in [-0.3, -0.25) is 14.6 Å². The molecule has 2 aromatic carbocycles. The number of rotatable bonds is 7. The summed E-state index contributed by atoms with van der Waals surface area (Å²) in [4.78, 5) is 31.8. The summed E-state index contributed by atoms with van der Waals surface area (Å²) in [5.41, 5.74) is 1.71. The van der Waals surface area contributed by atoms with Gasteiger partial charge in [0.25, 0.3) is 11.7 Å². The first-order valence-electron chi connectivity index (χ1n) is 10.7. The van der Waals surface area contributed by atoms with Crippen molar-refractivity contribution in [3.05, 3.63) is 94.3 Å². The molecule has 1 aliphatic rings. The number of aromatic nitrogens is 1. The molecule has 1 atom stereocenters. The number of benzene rings is 2. The molecule has 0 bridgehead atoms. The van der Waals surface area contributed by atoms with Crippen LogP contribution in [0.2, 0.25) is 5.02 Å². The molecule has 0 aliphatic carbocycles. The van der Waals surface area contributed by atoms with Crippen LogP contribution in [0.25, 0.3) is 5.76 Å². The highest BCUT2D eigenvalue weighted by atomic mass is 35.5. The Kier molecular flexibility index (Phi) is 6.84. The van der Waals surface area contributed by atoms with Gasteiger partial charge < -0.3 is 19.5 Å². The first-order chi connectivity index (χ1) is 16.4. The number of carbonyl (C=O) groups excluding carboxylic acids is 2. The standard InChI is InChI=1S/C26H23ClN2O5/c1-3-34-21-11-8-18(13-20(21)27)24(30)22-23(17-6-9-19(33-2)10-7-17)29(26(32)25(22)31)15-16-5-4-12-28-14-16/h4-14,23,30H,3,15H2,1-2H3/b24-22+. The van der Waals surface area contributed by atoms with Crippen molar-refractivity contribution < 1.29 is 24.2 Å². The predicted octanol–water partition coefficient (Wildman–Crippen LogP) is 4.76. The maximum atomic E-state index is 13.2. The summed E-state index contributed by atoms with van der Waals surface area (Å²) in [5.74, 6) is -0.691. The Labute approximate surface area is 202 Å². The Morgan fingerprint density at radius 2 is 1.91 bits per heavy atom. The molecule has 1 N–H and O–H groups in total. The van der Waals surface area contributed by atoms with Crippen molar-refractivity contribution in [2.45, 2.75) is 19.5 Å². The van der Waals surface area contributed by atoms with Crippen LogP contribution in [0.15, 0.2) is 72.6 Å². The maximum absolute atomic E-state index is 13.2. The number of methoxy groups -OCH3 is 1. The van der Waals surface area contributed by atoms with Crippen molar-refractivity contribution in [3.63, 3.8) is 0 Å². The van der Waals surface area contributed by atoms with Gasteiger partial charge in [0.2, 0.25) is 0 Å². The number of aliphatic hydroxyl groups excluding tert-OH is 1. The van der Waals surface area contributed by atoms with Crippen LogP contribution in [0.1, 0.15) is 29.7 Å². The number of hydrogen-bond acceptors (Lipinski definition) is 6. The number of ketones is 1. The number of likely N-dealkylation sites (tertiary alicyclic amines) is 1. The van der Waals surface area contributed by atoms with Crippen LogP contribution in [-0.4, -0.2) is 40.4 Å². The molecule has 4 rings (SSSR count). The first-order valence-corrected chi connectivity index (χ1v) is 11.1. The lowest BCUT2D eigenvalue weighted by molar-refractivity contribution is -0.140. The zero-order chi connectivity index (χ0) is 24.2. The highest BCUT2D eigenvalue weighted by Gasteiger charge is 2.46. The van der Waals surface area contributed by atoms with E-state index in [1.54, 1.807) is 62.0 Å². The molecule has 3 aromatic rings. The van der Waals surface area contributed by atoms with Crippen LogP contribution in [-0.2, 0) is 16.1 Å². The monoisotopic (exact) mass is 478 g/mol. The van der Waals surface area contributed by atoms with E-state index in [9.17, 15) is 14.7 Å². The van der Waals surface area contributed by atoms with Crippen molar-refractivity contribution in [2.24, 2.45) is 0 Å². The molecule has 0 radical (unpaired) electrons. The van der Waals surface area contributed by atoms with Gasteiger partial charge in [0.1, 0.15) is 17.3 Å². The lowest BCUT2D eigenvalue weighted by Gasteiger charge is -2.25. The number of pyridine rings is 1. The SMILES string of the molecule is CCOc1ccc(/C(O)=C2\C(=O)C(=O)N(Cc3cccnc3)C2c2ccc(OC)cc2)cc1Cl. The third-order valence-electron chi connectivity index (χ3n) is 5.55. The van der Waals surface area contributed by atoms with E-state index >= 15 is 0 Å². The van der Waals surface area contributed by atoms with Crippen molar-refractivity contribution in [1.82, 2.24) is 9.88 Å². The highest BCUT2D eigenvalue weighted by Crippen LogP contribution is 2.41. The second-order valence-electron chi connectivity index (χ2n) is 7.64. The quantitative estimate of drug-likeness (QED) is 0.299. The fraction of sp³-hybridized carbons (Fsp3) is 0.192. The zero-order valence-corrected chi connectivity index (χ0v) is 19.5. The highest BCUT2D eigenvalue weighted by molar-refractivity contribution is 6.46. The molecule has 7 nitrogen and oxygen atoms in total. The molecule has 1 fully saturated rings. The Balaban J connectivity index is 1.83. The Morgan fingerprint density at radius 3 is 2.53 bits per heavy atom. The fourth-order valence-corrected chi connectivity index (χ4v) is 4.18. The van der Waals surface area contributed by atoms with Gasteiger partial charge >= 0.3 is 0 Å². The fourth-order valence-electron chi connectivity index (χ4n) is 3.94. The summed E-state index contributed by atoms with van der Waals surface area (Å²) in [6.45, 7) is 2.42. The van der Waals surface area contributed by atoms with Gasteiger partial charge in [0, 0.05) is 24.5 Å². The second-order valence-corrected chi connectivity index (χ2v) is 8.05. The number of hydrogen-bond donors (Lipinski definition) is 1. The molecule has 1 amide bonds. The Bertz CT molecular complexity index is 1240. The molecule has 174 valence electrons. The van der Waals surface area contributed by atoms with Gasteiger partial charge in [-0.1, -0.05) is 29.8 Å². The smallest absolute Gasteiger partial charge is 0.295 e. The third-order valence-corrected chi connectivity index (χ3v) is 5.85. The number of halogens is 1. The molecular formula is C26H23ClN2O5. The van der Waals surface area contributed by atoms with Crippen LogP contribution in [0, 0.1) is 0 Å². The molecule has 1 saturated heterocycles. The molecule has 1 aliphatic heterocycles. The van der Waals surface area contributed by atoms with E-state index in [0.717, 1.165) is 5.56 Å². The third kappa shape index (κ3) is 4.47. The average Bonchev–Trinajstić information content (AvgIpc) is 3.10. The van der Waals surface area contributed by atoms with Crippen LogP contribution in [0.3, 0.4) is 0 Å². The van der Waals surface area contributed by atoms with Gasteiger partial charge in [0.05, 0.1) is 30.4 Å². The topological polar surface area (TPSA) is 89.0 Å².